The van der Waals surface area contributed by atoms with Crippen molar-refractivity contribution in [2.24, 2.45) is 5.73 Å². The minimum Gasteiger partial charge on any atom is -0.379 e. The molecule has 2 rings (SSSR count). The molecule has 1 aliphatic heterocycles. The Morgan fingerprint density at radius 1 is 1.55 bits per heavy atom. The van der Waals surface area contributed by atoms with E-state index < -0.39 is 30.7 Å². The van der Waals surface area contributed by atoms with E-state index in [0.29, 0.717) is 5.56 Å². The van der Waals surface area contributed by atoms with Crippen LogP contribution in [0.1, 0.15) is 22.5 Å². The van der Waals surface area contributed by atoms with Gasteiger partial charge in [0, 0.05) is 25.7 Å². The van der Waals surface area contributed by atoms with E-state index in [2.05, 4.69) is 4.98 Å². The summed E-state index contributed by atoms with van der Waals surface area (Å²) in [5.41, 5.74) is 3.28. The van der Waals surface area contributed by atoms with Gasteiger partial charge in [-0.25, -0.2) is 0 Å². The summed E-state index contributed by atoms with van der Waals surface area (Å²) in [6.07, 6.45) is -3.91. The number of aromatic nitrogens is 1. The molecule has 1 saturated heterocycles. The standard InChI is InChI=1S/C12H14F3N3O2/c13-12(14,15)11(20)2-4-18(7-11)10(19)9-5-8(6-16)1-3-17-9/h1,3,5,20H,2,4,6-7,16H2. The number of hydrogen-bond donors (Lipinski definition) is 2. The molecule has 1 aromatic heterocycles. The third kappa shape index (κ3) is 2.61. The number of amides is 1. The highest BCUT2D eigenvalue weighted by Gasteiger charge is 2.57. The molecule has 1 aromatic rings. The molecule has 1 aliphatic rings. The fourth-order valence-electron chi connectivity index (χ4n) is 2.08. The van der Waals surface area contributed by atoms with Crippen LogP contribution in [0.25, 0.3) is 0 Å². The molecule has 0 aliphatic carbocycles. The van der Waals surface area contributed by atoms with Crippen molar-refractivity contribution in [2.45, 2.75) is 24.7 Å². The number of aliphatic hydroxyl groups is 1. The van der Waals surface area contributed by atoms with Crippen molar-refractivity contribution in [2.75, 3.05) is 13.1 Å². The van der Waals surface area contributed by atoms with Gasteiger partial charge >= 0.3 is 6.18 Å². The average molecular weight is 289 g/mol. The van der Waals surface area contributed by atoms with Crippen LogP contribution in [-0.4, -0.2) is 45.8 Å². The number of nitrogens with two attached hydrogens (primary N) is 1. The number of carbonyl (C=O) groups is 1. The molecule has 0 spiro atoms. The summed E-state index contributed by atoms with van der Waals surface area (Å²) in [5, 5.41) is 9.54. The molecule has 3 N–H and O–H groups in total. The van der Waals surface area contributed by atoms with Gasteiger partial charge in [-0.1, -0.05) is 0 Å². The number of β-amino-alcohol motifs (C(OH)–C–C–N with tert-alkyl or cyclic N) is 1. The SMILES string of the molecule is NCc1ccnc(C(=O)N2CCC(O)(C(F)(F)F)C2)c1. The Morgan fingerprint density at radius 2 is 2.25 bits per heavy atom. The Kier molecular flexibility index (Phi) is 3.70. The highest BCUT2D eigenvalue weighted by molar-refractivity contribution is 5.92. The van der Waals surface area contributed by atoms with Crippen molar-refractivity contribution < 1.29 is 23.1 Å². The Morgan fingerprint density at radius 3 is 2.80 bits per heavy atom. The second-order valence-corrected chi connectivity index (χ2v) is 4.76. The summed E-state index contributed by atoms with van der Waals surface area (Å²) < 4.78 is 38.0. The van der Waals surface area contributed by atoms with Crippen molar-refractivity contribution in [1.29, 1.82) is 0 Å². The van der Waals surface area contributed by atoms with Crippen LogP contribution in [0.4, 0.5) is 13.2 Å². The predicted molar refractivity (Wildman–Crippen MR) is 63.7 cm³/mol. The maximum Gasteiger partial charge on any atom is 0.419 e. The first-order valence-corrected chi connectivity index (χ1v) is 6.00. The number of pyridine rings is 1. The summed E-state index contributed by atoms with van der Waals surface area (Å²) in [4.78, 5) is 16.9. The van der Waals surface area contributed by atoms with Crippen molar-refractivity contribution in [1.82, 2.24) is 9.88 Å². The quantitative estimate of drug-likeness (QED) is 0.839. The number of halogens is 3. The maximum absolute atomic E-state index is 12.7. The minimum absolute atomic E-state index is 0.0272. The molecule has 110 valence electrons. The molecule has 0 aromatic carbocycles. The van der Waals surface area contributed by atoms with Gasteiger partial charge in [-0.15, -0.1) is 0 Å². The summed E-state index contributed by atoms with van der Waals surface area (Å²) in [6, 6.07) is 3.06. The summed E-state index contributed by atoms with van der Waals surface area (Å²) in [7, 11) is 0. The van der Waals surface area contributed by atoms with Gasteiger partial charge in [0.1, 0.15) is 5.69 Å². The molecular weight excluding hydrogens is 275 g/mol. The van der Waals surface area contributed by atoms with E-state index in [1.54, 1.807) is 6.07 Å². The van der Waals surface area contributed by atoms with Crippen LogP contribution in [0.15, 0.2) is 18.3 Å². The highest BCUT2D eigenvalue weighted by Crippen LogP contribution is 2.37. The monoisotopic (exact) mass is 289 g/mol. The van der Waals surface area contributed by atoms with Crippen molar-refractivity contribution in [3.05, 3.63) is 29.6 Å². The molecule has 8 heteroatoms. The topological polar surface area (TPSA) is 79.5 Å². The van der Waals surface area contributed by atoms with Crippen LogP contribution >= 0.6 is 0 Å². The Labute approximate surface area is 113 Å². The maximum atomic E-state index is 12.7. The van der Waals surface area contributed by atoms with Crippen LogP contribution < -0.4 is 5.73 Å². The lowest BCUT2D eigenvalue weighted by Gasteiger charge is -2.25. The molecule has 1 amide bonds. The second-order valence-electron chi connectivity index (χ2n) is 4.76. The van der Waals surface area contributed by atoms with Crippen LogP contribution in [-0.2, 0) is 6.54 Å². The van der Waals surface area contributed by atoms with Gasteiger partial charge in [0.25, 0.3) is 5.91 Å². The zero-order valence-electron chi connectivity index (χ0n) is 10.5. The number of likely N-dealkylation sites (tertiary alicyclic amines) is 1. The molecule has 20 heavy (non-hydrogen) atoms. The summed E-state index contributed by atoms with van der Waals surface area (Å²) >= 11 is 0. The normalized spacial score (nSPS) is 23.1. The highest BCUT2D eigenvalue weighted by atomic mass is 19.4. The first-order chi connectivity index (χ1) is 9.27. The molecule has 1 fully saturated rings. The van der Waals surface area contributed by atoms with E-state index in [9.17, 15) is 23.1 Å². The van der Waals surface area contributed by atoms with Crippen LogP contribution in [0.5, 0.6) is 0 Å². The van der Waals surface area contributed by atoms with Gasteiger partial charge < -0.3 is 15.7 Å². The lowest BCUT2D eigenvalue weighted by molar-refractivity contribution is -0.253. The molecule has 1 atom stereocenters. The lowest BCUT2D eigenvalue weighted by Crippen LogP contribution is -2.48. The Balaban J connectivity index is 2.16. The number of hydrogen-bond acceptors (Lipinski definition) is 4. The zero-order chi connectivity index (χ0) is 15.0. The van der Waals surface area contributed by atoms with E-state index in [1.807, 2.05) is 0 Å². The van der Waals surface area contributed by atoms with E-state index in [4.69, 9.17) is 5.73 Å². The molecule has 0 bridgehead atoms. The fourth-order valence-corrected chi connectivity index (χ4v) is 2.08. The van der Waals surface area contributed by atoms with E-state index >= 15 is 0 Å². The fraction of sp³-hybridized carbons (Fsp3) is 0.500. The lowest BCUT2D eigenvalue weighted by atomic mass is 10.0. The molecule has 5 nitrogen and oxygen atoms in total. The van der Waals surface area contributed by atoms with Crippen LogP contribution in [0.2, 0.25) is 0 Å². The zero-order valence-corrected chi connectivity index (χ0v) is 10.5. The number of carbonyl (C=O) groups excluding carboxylic acids is 1. The molecular formula is C12H14F3N3O2. The molecule has 0 radical (unpaired) electrons. The van der Waals surface area contributed by atoms with Gasteiger partial charge in [-0.05, 0) is 17.7 Å². The first-order valence-electron chi connectivity index (χ1n) is 6.00. The van der Waals surface area contributed by atoms with E-state index in [-0.39, 0.29) is 18.8 Å². The second kappa shape index (κ2) is 5.02. The summed E-state index contributed by atoms with van der Waals surface area (Å²) in [5.74, 6) is -0.638. The van der Waals surface area contributed by atoms with Crippen molar-refractivity contribution in [3.8, 4) is 0 Å². The summed E-state index contributed by atoms with van der Waals surface area (Å²) in [6.45, 7) is -0.734. The van der Waals surface area contributed by atoms with E-state index in [0.717, 1.165) is 4.90 Å². The third-order valence-corrected chi connectivity index (χ3v) is 3.34. The largest absolute Gasteiger partial charge is 0.419 e. The van der Waals surface area contributed by atoms with Gasteiger partial charge in [-0.2, -0.15) is 13.2 Å². The predicted octanol–water partition coefficient (Wildman–Crippen LogP) is 0.680. The van der Waals surface area contributed by atoms with E-state index in [1.165, 1.54) is 12.3 Å². The van der Waals surface area contributed by atoms with Gasteiger partial charge in [0.2, 0.25) is 0 Å². The van der Waals surface area contributed by atoms with Gasteiger partial charge in [0.15, 0.2) is 5.60 Å². The number of rotatable bonds is 2. The van der Waals surface area contributed by atoms with Crippen molar-refractivity contribution >= 4 is 5.91 Å². The molecule has 0 saturated carbocycles. The molecule has 1 unspecified atom stereocenters. The number of nitrogens with zero attached hydrogens (tertiary/aromatic N) is 2. The molecule has 2 heterocycles. The number of alkyl halides is 3. The third-order valence-electron chi connectivity index (χ3n) is 3.34. The Bertz CT molecular complexity index is 521. The van der Waals surface area contributed by atoms with Gasteiger partial charge in [-0.3, -0.25) is 9.78 Å². The minimum atomic E-state index is -4.76. The smallest absolute Gasteiger partial charge is 0.379 e. The van der Waals surface area contributed by atoms with Crippen molar-refractivity contribution in [3.63, 3.8) is 0 Å². The van der Waals surface area contributed by atoms with Crippen LogP contribution in [0, 0.1) is 0 Å². The van der Waals surface area contributed by atoms with Gasteiger partial charge in [0.05, 0.1) is 6.54 Å². The van der Waals surface area contributed by atoms with Crippen LogP contribution in [0.3, 0.4) is 0 Å². The Hall–Kier alpha value is -1.67. The average Bonchev–Trinajstić information content (AvgIpc) is 2.81. The first kappa shape index (κ1) is 14.7.